The SMILES string of the molecule is O=C1Cc2c(cnc(NC3CC(F)C3)[n+]2C2CCC(O)CC2)-c2ccc(N3CC4(COC4)C3)cc21. The van der Waals surface area contributed by atoms with Crippen molar-refractivity contribution in [1.29, 1.82) is 0 Å². The number of ether oxygens (including phenoxy) is 1. The lowest BCUT2D eigenvalue weighted by atomic mass is 9.77. The topological polar surface area (TPSA) is 78.6 Å². The fourth-order valence-electron chi connectivity index (χ4n) is 6.55. The van der Waals surface area contributed by atoms with Gasteiger partial charge in [0.15, 0.2) is 5.78 Å². The number of carbonyl (C=O) groups excluding carboxylic acids is 1. The Morgan fingerprint density at radius 3 is 2.57 bits per heavy atom. The molecule has 1 spiro atoms. The second kappa shape index (κ2) is 7.96. The van der Waals surface area contributed by atoms with Crippen LogP contribution in [-0.2, 0) is 11.2 Å². The Morgan fingerprint density at radius 1 is 1.11 bits per heavy atom. The quantitative estimate of drug-likeness (QED) is 0.657. The van der Waals surface area contributed by atoms with E-state index < -0.39 is 6.17 Å². The molecule has 3 aliphatic carbocycles. The smallest absolute Gasteiger partial charge is 0.392 e. The van der Waals surface area contributed by atoms with Crippen molar-refractivity contribution in [2.75, 3.05) is 36.5 Å². The molecular formula is C27H32FN4O3+. The Morgan fingerprint density at radius 2 is 1.89 bits per heavy atom. The number of fused-ring (bicyclic) bond motifs is 3. The van der Waals surface area contributed by atoms with Crippen LogP contribution in [0.1, 0.15) is 60.6 Å². The maximum atomic E-state index is 13.5. The van der Waals surface area contributed by atoms with Crippen LogP contribution in [0, 0.1) is 5.41 Å². The lowest BCUT2D eigenvalue weighted by molar-refractivity contribution is -0.721. The zero-order valence-corrected chi connectivity index (χ0v) is 19.9. The van der Waals surface area contributed by atoms with Gasteiger partial charge in [0.25, 0.3) is 0 Å². The third-order valence-corrected chi connectivity index (χ3v) is 8.75. The van der Waals surface area contributed by atoms with Gasteiger partial charge in [0.2, 0.25) is 0 Å². The number of nitrogens with one attached hydrogen (secondary N) is 1. The maximum absolute atomic E-state index is 13.5. The summed E-state index contributed by atoms with van der Waals surface area (Å²) in [6, 6.07) is 6.49. The number of anilines is 2. The Balaban J connectivity index is 1.24. The summed E-state index contributed by atoms with van der Waals surface area (Å²) in [6.45, 7) is 3.66. The monoisotopic (exact) mass is 479 g/mol. The Labute approximate surface area is 204 Å². The van der Waals surface area contributed by atoms with Gasteiger partial charge in [-0.1, -0.05) is 11.1 Å². The van der Waals surface area contributed by atoms with Crippen LogP contribution in [0.4, 0.5) is 16.0 Å². The van der Waals surface area contributed by atoms with Crippen molar-refractivity contribution in [2.24, 2.45) is 5.41 Å². The molecule has 0 atom stereocenters. The molecule has 0 amide bonds. The number of aliphatic hydroxyl groups is 1. The normalized spacial score (nSPS) is 30.6. The Hall–Kier alpha value is -2.58. The first-order valence-corrected chi connectivity index (χ1v) is 13.0. The molecule has 2 saturated carbocycles. The third kappa shape index (κ3) is 3.56. The minimum Gasteiger partial charge on any atom is -0.393 e. The van der Waals surface area contributed by atoms with Crippen LogP contribution in [0.3, 0.4) is 0 Å². The minimum absolute atomic E-state index is 0.0750. The fraction of sp³-hybridized carbons (Fsp3) is 0.593. The lowest BCUT2D eigenvalue weighted by Gasteiger charge is -2.56. The van der Waals surface area contributed by atoms with E-state index in [1.54, 1.807) is 0 Å². The van der Waals surface area contributed by atoms with Crippen LogP contribution in [-0.4, -0.2) is 60.5 Å². The molecule has 35 heavy (non-hydrogen) atoms. The van der Waals surface area contributed by atoms with E-state index in [0.717, 1.165) is 86.0 Å². The molecule has 3 heterocycles. The predicted octanol–water partition coefficient (Wildman–Crippen LogP) is 3.00. The number of hydrogen-bond acceptors (Lipinski definition) is 6. The number of hydrogen-bond donors (Lipinski definition) is 2. The van der Waals surface area contributed by atoms with E-state index in [1.165, 1.54) is 0 Å². The molecule has 7 nitrogen and oxygen atoms in total. The highest BCUT2D eigenvalue weighted by Crippen LogP contribution is 2.42. The van der Waals surface area contributed by atoms with Crippen LogP contribution < -0.4 is 14.8 Å². The summed E-state index contributed by atoms with van der Waals surface area (Å²) in [6.07, 6.45) is 5.37. The van der Waals surface area contributed by atoms with Gasteiger partial charge in [-0.2, -0.15) is 0 Å². The van der Waals surface area contributed by atoms with Gasteiger partial charge in [0.1, 0.15) is 12.4 Å². The van der Waals surface area contributed by atoms with Crippen LogP contribution in [0.15, 0.2) is 24.4 Å². The van der Waals surface area contributed by atoms with Gasteiger partial charge in [0.05, 0.1) is 54.5 Å². The summed E-state index contributed by atoms with van der Waals surface area (Å²) >= 11 is 0. The average molecular weight is 480 g/mol. The van der Waals surface area contributed by atoms with E-state index in [2.05, 4.69) is 33.0 Å². The van der Waals surface area contributed by atoms with Gasteiger partial charge in [-0.3, -0.25) is 10.1 Å². The maximum Gasteiger partial charge on any atom is 0.392 e. The van der Waals surface area contributed by atoms with Crippen LogP contribution in [0.25, 0.3) is 11.1 Å². The predicted molar refractivity (Wildman–Crippen MR) is 128 cm³/mol. The molecule has 2 aromatic rings. The number of rotatable bonds is 4. The summed E-state index contributed by atoms with van der Waals surface area (Å²) in [5.74, 6) is 0.856. The Bertz CT molecular complexity index is 1180. The standard InChI is InChI=1S/C27H31FN4O3/c28-16-7-17(8-16)30-26-29-11-23-21-6-3-19(31-12-27(13-31)14-35-15-27)9-22(21)25(34)10-24(23)32(26)18-1-4-20(33)5-2-18/h3,6,9,11,16-18,20,33H,1-2,4-5,7-8,10,12-15H2/p+1. The van der Waals surface area contributed by atoms with Crippen molar-refractivity contribution in [3.8, 4) is 11.1 Å². The van der Waals surface area contributed by atoms with Crippen LogP contribution in [0.2, 0.25) is 0 Å². The second-order valence-electron chi connectivity index (χ2n) is 11.4. The highest BCUT2D eigenvalue weighted by Gasteiger charge is 2.49. The van der Waals surface area contributed by atoms with Crippen molar-refractivity contribution in [3.63, 3.8) is 0 Å². The van der Waals surface area contributed by atoms with E-state index in [4.69, 9.17) is 9.72 Å². The minimum atomic E-state index is -0.746. The van der Waals surface area contributed by atoms with Gasteiger partial charge in [-0.25, -0.2) is 8.96 Å². The van der Waals surface area contributed by atoms with Crippen LogP contribution >= 0.6 is 0 Å². The first kappa shape index (κ1) is 21.7. The summed E-state index contributed by atoms with van der Waals surface area (Å²) < 4.78 is 21.1. The number of Topliss-reactive ketones (excluding diaryl/α,β-unsaturated/α-hetero) is 1. The number of aliphatic hydroxyl groups excluding tert-OH is 1. The molecule has 2 N–H and O–H groups in total. The van der Waals surface area contributed by atoms with Crippen molar-refractivity contribution in [2.45, 2.75) is 69.3 Å². The van der Waals surface area contributed by atoms with Crippen molar-refractivity contribution < 1.29 is 23.6 Å². The summed E-state index contributed by atoms with van der Waals surface area (Å²) in [5.41, 5.74) is 5.13. The fourth-order valence-corrected chi connectivity index (χ4v) is 6.55. The van der Waals surface area contributed by atoms with E-state index in [-0.39, 0.29) is 24.0 Å². The van der Waals surface area contributed by atoms with Gasteiger partial charge in [0, 0.05) is 37.2 Å². The molecule has 2 saturated heterocycles. The van der Waals surface area contributed by atoms with Gasteiger partial charge in [-0.05, 0) is 43.4 Å². The van der Waals surface area contributed by atoms with Gasteiger partial charge >= 0.3 is 5.95 Å². The molecule has 4 fully saturated rings. The molecule has 0 unspecified atom stereocenters. The molecule has 184 valence electrons. The van der Waals surface area contributed by atoms with E-state index in [1.807, 2.05) is 6.20 Å². The van der Waals surface area contributed by atoms with Gasteiger partial charge in [-0.15, -0.1) is 0 Å². The molecule has 2 aliphatic heterocycles. The van der Waals surface area contributed by atoms with Gasteiger partial charge < -0.3 is 14.7 Å². The van der Waals surface area contributed by atoms with E-state index >= 15 is 0 Å². The summed E-state index contributed by atoms with van der Waals surface area (Å²) in [4.78, 5) is 20.6. The van der Waals surface area contributed by atoms with Crippen molar-refractivity contribution in [1.82, 2.24) is 4.98 Å². The molecular weight excluding hydrogens is 447 g/mol. The van der Waals surface area contributed by atoms with Crippen molar-refractivity contribution in [3.05, 3.63) is 35.7 Å². The first-order valence-electron chi connectivity index (χ1n) is 13.0. The average Bonchev–Trinajstić information content (AvgIpc) is 2.77. The molecule has 0 radical (unpaired) electrons. The second-order valence-corrected chi connectivity index (χ2v) is 11.4. The molecule has 7 rings (SSSR count). The molecule has 1 aromatic carbocycles. The zero-order valence-electron chi connectivity index (χ0n) is 19.9. The van der Waals surface area contributed by atoms with Crippen LogP contribution in [0.5, 0.6) is 0 Å². The van der Waals surface area contributed by atoms with E-state index in [0.29, 0.717) is 24.7 Å². The number of halogens is 1. The number of nitrogens with zero attached hydrogens (tertiary/aromatic N) is 3. The summed E-state index contributed by atoms with van der Waals surface area (Å²) in [5, 5.41) is 13.5. The summed E-state index contributed by atoms with van der Waals surface area (Å²) in [7, 11) is 0. The lowest BCUT2D eigenvalue weighted by Crippen LogP contribution is -2.66. The molecule has 5 aliphatic rings. The third-order valence-electron chi connectivity index (χ3n) is 8.75. The Kier molecular flexibility index (Phi) is 4.93. The number of carbonyl (C=O) groups is 1. The number of ketones is 1. The first-order chi connectivity index (χ1) is 17.0. The molecule has 0 bridgehead atoms. The number of benzene rings is 1. The largest absolute Gasteiger partial charge is 0.393 e. The van der Waals surface area contributed by atoms with Crippen molar-refractivity contribution >= 4 is 17.4 Å². The zero-order chi connectivity index (χ0) is 23.7. The highest BCUT2D eigenvalue weighted by atomic mass is 19.1. The highest BCUT2D eigenvalue weighted by molar-refractivity contribution is 6.07. The molecule has 1 aromatic heterocycles. The number of alkyl halides is 1. The molecule has 8 heteroatoms. The number of aromatic nitrogens is 2. The van der Waals surface area contributed by atoms with E-state index in [9.17, 15) is 14.3 Å².